The predicted molar refractivity (Wildman–Crippen MR) is 92.4 cm³/mol. The number of amides is 1. The van der Waals surface area contributed by atoms with Crippen LogP contribution >= 0.6 is 0 Å². The molecule has 1 atom stereocenters. The lowest BCUT2D eigenvalue weighted by atomic mass is 9.86. The Bertz CT molecular complexity index is 493. The van der Waals surface area contributed by atoms with Crippen molar-refractivity contribution in [3.8, 4) is 0 Å². The quantitative estimate of drug-likeness (QED) is 0.852. The summed E-state index contributed by atoms with van der Waals surface area (Å²) in [6.45, 7) is 14.7. The van der Waals surface area contributed by atoms with Gasteiger partial charge in [-0.3, -0.25) is 9.69 Å². The molecule has 22 heavy (non-hydrogen) atoms. The summed E-state index contributed by atoms with van der Waals surface area (Å²) in [5.74, 6) is 0.171. The van der Waals surface area contributed by atoms with Gasteiger partial charge in [-0.25, -0.2) is 0 Å². The summed E-state index contributed by atoms with van der Waals surface area (Å²) in [5.41, 5.74) is 2.21. The van der Waals surface area contributed by atoms with Crippen LogP contribution in [0.5, 0.6) is 0 Å². The first kappa shape index (κ1) is 17.0. The second-order valence-electron chi connectivity index (χ2n) is 7.41. The van der Waals surface area contributed by atoms with Crippen molar-refractivity contribution in [2.75, 3.05) is 26.2 Å². The fourth-order valence-electron chi connectivity index (χ4n) is 2.92. The lowest BCUT2D eigenvalue weighted by molar-refractivity contribution is 0.0579. The molecule has 3 nitrogen and oxygen atoms in total. The fraction of sp³-hybridized carbons (Fsp3) is 0.632. The van der Waals surface area contributed by atoms with E-state index in [0.717, 1.165) is 31.7 Å². The molecule has 1 aromatic carbocycles. The van der Waals surface area contributed by atoms with Gasteiger partial charge in [0.2, 0.25) is 0 Å². The average Bonchev–Trinajstić information content (AvgIpc) is 2.53. The van der Waals surface area contributed by atoms with E-state index in [1.807, 2.05) is 17.0 Å². The molecule has 0 N–H and O–H groups in total. The van der Waals surface area contributed by atoms with Crippen LogP contribution in [0.2, 0.25) is 0 Å². The topological polar surface area (TPSA) is 23.6 Å². The van der Waals surface area contributed by atoms with Gasteiger partial charge in [0.25, 0.3) is 5.91 Å². The molecule has 0 bridgehead atoms. The van der Waals surface area contributed by atoms with Gasteiger partial charge >= 0.3 is 0 Å². The van der Waals surface area contributed by atoms with E-state index in [2.05, 4.69) is 51.7 Å². The summed E-state index contributed by atoms with van der Waals surface area (Å²) in [6.07, 6.45) is 1.17. The van der Waals surface area contributed by atoms with Gasteiger partial charge in [-0.2, -0.15) is 0 Å². The zero-order chi connectivity index (χ0) is 16.3. The van der Waals surface area contributed by atoms with Crippen LogP contribution in [0.3, 0.4) is 0 Å². The van der Waals surface area contributed by atoms with Gasteiger partial charge in [-0.1, -0.05) is 39.8 Å². The van der Waals surface area contributed by atoms with Crippen molar-refractivity contribution in [1.29, 1.82) is 0 Å². The molecule has 1 aromatic rings. The number of hydrogen-bond acceptors (Lipinski definition) is 2. The van der Waals surface area contributed by atoms with E-state index in [9.17, 15) is 4.79 Å². The number of carbonyl (C=O) groups excluding carboxylic acids is 1. The Morgan fingerprint density at radius 1 is 1.09 bits per heavy atom. The van der Waals surface area contributed by atoms with Crippen LogP contribution < -0.4 is 0 Å². The van der Waals surface area contributed by atoms with Crippen molar-refractivity contribution in [2.24, 2.45) is 0 Å². The number of nitrogens with zero attached hydrogens (tertiary/aromatic N) is 2. The molecule has 122 valence electrons. The van der Waals surface area contributed by atoms with Crippen molar-refractivity contribution in [3.63, 3.8) is 0 Å². The summed E-state index contributed by atoms with van der Waals surface area (Å²) >= 11 is 0. The summed E-state index contributed by atoms with van der Waals surface area (Å²) in [6, 6.07) is 8.74. The molecule has 1 heterocycles. The van der Waals surface area contributed by atoms with E-state index in [1.165, 1.54) is 12.0 Å². The normalized spacial score (nSPS) is 18.3. The third-order valence-corrected chi connectivity index (χ3v) is 4.81. The molecular formula is C19H30N2O. The molecule has 1 fully saturated rings. The van der Waals surface area contributed by atoms with E-state index in [0.29, 0.717) is 6.04 Å². The Hall–Kier alpha value is -1.35. The molecule has 0 aromatic heterocycles. The first-order valence-corrected chi connectivity index (χ1v) is 8.46. The number of carbonyl (C=O) groups is 1. The van der Waals surface area contributed by atoms with Gasteiger partial charge in [-0.15, -0.1) is 0 Å². The molecule has 0 saturated carbocycles. The number of benzene rings is 1. The molecule has 1 aliphatic heterocycles. The Balaban J connectivity index is 1.98. The maximum absolute atomic E-state index is 12.6. The van der Waals surface area contributed by atoms with Crippen LogP contribution in [0.15, 0.2) is 24.3 Å². The molecule has 2 rings (SSSR count). The predicted octanol–water partition coefficient (Wildman–Crippen LogP) is 3.54. The van der Waals surface area contributed by atoms with Crippen LogP contribution in [0.4, 0.5) is 0 Å². The minimum Gasteiger partial charge on any atom is -0.336 e. The highest BCUT2D eigenvalue weighted by Gasteiger charge is 2.24. The SMILES string of the molecule is CCC(C)N1CCN(C(=O)c2ccc(C(C)(C)C)cc2)CC1. The summed E-state index contributed by atoms with van der Waals surface area (Å²) in [5, 5.41) is 0. The van der Waals surface area contributed by atoms with Crippen molar-refractivity contribution in [1.82, 2.24) is 9.80 Å². The third kappa shape index (κ3) is 3.89. The Kier molecular flexibility index (Phi) is 5.28. The summed E-state index contributed by atoms with van der Waals surface area (Å²) < 4.78 is 0. The molecule has 0 spiro atoms. The van der Waals surface area contributed by atoms with Gasteiger partial charge < -0.3 is 4.90 Å². The fourth-order valence-corrected chi connectivity index (χ4v) is 2.92. The maximum atomic E-state index is 12.6. The summed E-state index contributed by atoms with van der Waals surface area (Å²) in [7, 11) is 0. The second-order valence-corrected chi connectivity index (χ2v) is 7.41. The zero-order valence-electron chi connectivity index (χ0n) is 14.7. The monoisotopic (exact) mass is 302 g/mol. The smallest absolute Gasteiger partial charge is 0.253 e. The molecule has 1 aliphatic rings. The summed E-state index contributed by atoms with van der Waals surface area (Å²) in [4.78, 5) is 17.1. The van der Waals surface area contributed by atoms with Crippen LogP contribution in [0.1, 0.15) is 57.0 Å². The standard InChI is InChI=1S/C19H30N2O/c1-6-15(2)20-11-13-21(14-12-20)18(22)16-7-9-17(10-8-16)19(3,4)5/h7-10,15H,6,11-14H2,1-5H3. The Morgan fingerprint density at radius 3 is 2.09 bits per heavy atom. The highest BCUT2D eigenvalue weighted by atomic mass is 16.2. The molecule has 3 heteroatoms. The van der Waals surface area contributed by atoms with Crippen molar-refractivity contribution in [2.45, 2.75) is 52.5 Å². The van der Waals surface area contributed by atoms with Gasteiger partial charge in [0.05, 0.1) is 0 Å². The van der Waals surface area contributed by atoms with Gasteiger partial charge in [0, 0.05) is 37.8 Å². The minimum absolute atomic E-state index is 0.128. The zero-order valence-corrected chi connectivity index (χ0v) is 14.7. The highest BCUT2D eigenvalue weighted by Crippen LogP contribution is 2.22. The third-order valence-electron chi connectivity index (χ3n) is 4.81. The van der Waals surface area contributed by atoms with E-state index in [-0.39, 0.29) is 11.3 Å². The van der Waals surface area contributed by atoms with E-state index >= 15 is 0 Å². The first-order chi connectivity index (χ1) is 10.3. The van der Waals surface area contributed by atoms with E-state index in [4.69, 9.17) is 0 Å². The molecular weight excluding hydrogens is 272 g/mol. The van der Waals surface area contributed by atoms with Crippen molar-refractivity contribution in [3.05, 3.63) is 35.4 Å². The molecule has 1 unspecified atom stereocenters. The lowest BCUT2D eigenvalue weighted by Crippen LogP contribution is -2.51. The van der Waals surface area contributed by atoms with Gasteiger partial charge in [-0.05, 0) is 36.5 Å². The molecule has 1 amide bonds. The van der Waals surface area contributed by atoms with Gasteiger partial charge in [0.15, 0.2) is 0 Å². The van der Waals surface area contributed by atoms with E-state index in [1.54, 1.807) is 0 Å². The molecule has 1 saturated heterocycles. The minimum atomic E-state index is 0.128. The van der Waals surface area contributed by atoms with Crippen LogP contribution in [-0.2, 0) is 5.41 Å². The Labute approximate surface area is 135 Å². The van der Waals surface area contributed by atoms with Crippen molar-refractivity contribution < 1.29 is 4.79 Å². The second kappa shape index (κ2) is 6.82. The highest BCUT2D eigenvalue weighted by molar-refractivity contribution is 5.94. The van der Waals surface area contributed by atoms with Crippen molar-refractivity contribution >= 4 is 5.91 Å². The molecule has 0 aliphatic carbocycles. The number of rotatable bonds is 3. The van der Waals surface area contributed by atoms with Gasteiger partial charge in [0.1, 0.15) is 0 Å². The largest absolute Gasteiger partial charge is 0.336 e. The van der Waals surface area contributed by atoms with Crippen LogP contribution in [-0.4, -0.2) is 47.9 Å². The first-order valence-electron chi connectivity index (χ1n) is 8.46. The maximum Gasteiger partial charge on any atom is 0.253 e. The van der Waals surface area contributed by atoms with E-state index < -0.39 is 0 Å². The number of piperazine rings is 1. The van der Waals surface area contributed by atoms with Crippen LogP contribution in [0.25, 0.3) is 0 Å². The average molecular weight is 302 g/mol. The lowest BCUT2D eigenvalue weighted by Gasteiger charge is -2.37. The molecule has 0 radical (unpaired) electrons. The Morgan fingerprint density at radius 2 is 1.64 bits per heavy atom. The van der Waals surface area contributed by atoms with Crippen LogP contribution in [0, 0.1) is 0 Å². The number of hydrogen-bond donors (Lipinski definition) is 0.